The van der Waals surface area contributed by atoms with Crippen LogP contribution in [0.25, 0.3) is 0 Å². The molecule has 1 saturated heterocycles. The lowest BCUT2D eigenvalue weighted by Crippen LogP contribution is -2.26. The molecule has 1 aromatic heterocycles. The number of thiazole rings is 1. The Morgan fingerprint density at radius 3 is 3.14 bits per heavy atom. The molecule has 0 bridgehead atoms. The Labute approximate surface area is 88.5 Å². The van der Waals surface area contributed by atoms with Crippen molar-refractivity contribution in [3.8, 4) is 0 Å². The van der Waals surface area contributed by atoms with Gasteiger partial charge in [-0.15, -0.1) is 11.3 Å². The number of anilines is 1. The van der Waals surface area contributed by atoms with Crippen LogP contribution in [0.5, 0.6) is 0 Å². The van der Waals surface area contributed by atoms with Gasteiger partial charge in [-0.05, 0) is 19.8 Å². The van der Waals surface area contributed by atoms with E-state index >= 15 is 0 Å². The minimum absolute atomic E-state index is 0.309. The first kappa shape index (κ1) is 9.93. The predicted octanol–water partition coefficient (Wildman–Crippen LogP) is 2.29. The summed E-state index contributed by atoms with van der Waals surface area (Å²) in [6, 6.07) is 0.436. The Bertz CT molecular complexity index is 300. The molecule has 1 N–H and O–H groups in total. The van der Waals surface area contributed by atoms with E-state index in [0.717, 1.165) is 24.6 Å². The van der Waals surface area contributed by atoms with Gasteiger partial charge in [0.15, 0.2) is 5.13 Å². The number of nitrogens with one attached hydrogen (secondary N) is 1. The fourth-order valence-corrected chi connectivity index (χ4v) is 2.47. The van der Waals surface area contributed by atoms with Crippen molar-refractivity contribution < 1.29 is 4.74 Å². The normalized spacial score (nSPS) is 26.7. The highest BCUT2D eigenvalue weighted by atomic mass is 32.1. The number of rotatable bonds is 3. The molecule has 0 saturated carbocycles. The van der Waals surface area contributed by atoms with Crippen molar-refractivity contribution in [1.82, 2.24) is 4.98 Å². The molecule has 1 fully saturated rings. The van der Waals surface area contributed by atoms with Crippen molar-refractivity contribution in [1.29, 1.82) is 0 Å². The third kappa shape index (κ3) is 2.07. The number of nitrogens with zero attached hydrogens (tertiary/aromatic N) is 1. The zero-order valence-corrected chi connectivity index (χ0v) is 9.43. The Hall–Kier alpha value is -0.610. The number of hydrogen-bond acceptors (Lipinski definition) is 4. The van der Waals surface area contributed by atoms with Crippen LogP contribution in [0.3, 0.4) is 0 Å². The number of hydrogen-bond donors (Lipinski definition) is 1. The van der Waals surface area contributed by atoms with Crippen LogP contribution in [0.1, 0.15) is 26.0 Å². The van der Waals surface area contributed by atoms with E-state index in [9.17, 15) is 0 Å². The van der Waals surface area contributed by atoms with Gasteiger partial charge < -0.3 is 10.1 Å². The summed E-state index contributed by atoms with van der Waals surface area (Å²) in [5, 5.41) is 6.57. The summed E-state index contributed by atoms with van der Waals surface area (Å²) in [6.07, 6.45) is 2.40. The maximum Gasteiger partial charge on any atom is 0.183 e. The van der Waals surface area contributed by atoms with E-state index in [0.29, 0.717) is 12.1 Å². The fourth-order valence-electron chi connectivity index (χ4n) is 1.62. The largest absolute Gasteiger partial charge is 0.376 e. The molecular weight excluding hydrogens is 196 g/mol. The Morgan fingerprint density at radius 1 is 1.71 bits per heavy atom. The van der Waals surface area contributed by atoms with E-state index in [-0.39, 0.29) is 0 Å². The lowest BCUT2D eigenvalue weighted by molar-refractivity contribution is 0.121. The fraction of sp³-hybridized carbons (Fsp3) is 0.700. The van der Waals surface area contributed by atoms with Crippen molar-refractivity contribution >= 4 is 16.5 Å². The molecule has 0 unspecified atom stereocenters. The molecular formula is C10H16N2OS. The lowest BCUT2D eigenvalue weighted by Gasteiger charge is -2.14. The molecule has 3 nitrogen and oxygen atoms in total. The molecule has 1 aromatic rings. The van der Waals surface area contributed by atoms with Crippen LogP contribution in [0.2, 0.25) is 0 Å². The Balaban J connectivity index is 1.96. The molecule has 0 aromatic carbocycles. The molecule has 0 amide bonds. The third-order valence-electron chi connectivity index (χ3n) is 2.60. The highest BCUT2D eigenvalue weighted by molar-refractivity contribution is 7.13. The average Bonchev–Trinajstić information content (AvgIpc) is 2.77. The number of aryl methyl sites for hydroxylation is 1. The van der Waals surface area contributed by atoms with Crippen molar-refractivity contribution in [3.63, 3.8) is 0 Å². The summed E-state index contributed by atoms with van der Waals surface area (Å²) < 4.78 is 5.49. The minimum atomic E-state index is 0.309. The van der Waals surface area contributed by atoms with Gasteiger partial charge in [0.2, 0.25) is 0 Å². The van der Waals surface area contributed by atoms with E-state index in [2.05, 4.69) is 29.5 Å². The number of ether oxygens (including phenoxy) is 1. The van der Waals surface area contributed by atoms with Crippen molar-refractivity contribution in [3.05, 3.63) is 11.1 Å². The minimum Gasteiger partial charge on any atom is -0.376 e. The topological polar surface area (TPSA) is 34.1 Å². The lowest BCUT2D eigenvalue weighted by atomic mass is 10.2. The maximum atomic E-state index is 5.49. The van der Waals surface area contributed by atoms with Gasteiger partial charge in [-0.3, -0.25) is 0 Å². The van der Waals surface area contributed by atoms with Crippen LogP contribution in [0.4, 0.5) is 5.13 Å². The molecule has 14 heavy (non-hydrogen) atoms. The van der Waals surface area contributed by atoms with Crippen molar-refractivity contribution in [2.75, 3.05) is 11.9 Å². The van der Waals surface area contributed by atoms with Gasteiger partial charge in [-0.25, -0.2) is 4.98 Å². The summed E-state index contributed by atoms with van der Waals surface area (Å²) in [5.74, 6) is 0. The Kier molecular flexibility index (Phi) is 3.03. The van der Waals surface area contributed by atoms with Crippen LogP contribution in [-0.2, 0) is 11.2 Å². The Morgan fingerprint density at radius 2 is 2.57 bits per heavy atom. The summed E-state index contributed by atoms with van der Waals surface area (Å²) >= 11 is 1.69. The maximum absolute atomic E-state index is 5.49. The second kappa shape index (κ2) is 4.28. The molecule has 0 aliphatic carbocycles. The zero-order chi connectivity index (χ0) is 9.97. The van der Waals surface area contributed by atoms with E-state index in [1.165, 1.54) is 5.69 Å². The summed E-state index contributed by atoms with van der Waals surface area (Å²) in [6.45, 7) is 5.10. The van der Waals surface area contributed by atoms with Gasteiger partial charge in [0.05, 0.1) is 17.8 Å². The molecule has 4 heteroatoms. The van der Waals surface area contributed by atoms with Crippen LogP contribution in [0.15, 0.2) is 5.38 Å². The quantitative estimate of drug-likeness (QED) is 0.834. The van der Waals surface area contributed by atoms with Crippen molar-refractivity contribution in [2.24, 2.45) is 0 Å². The van der Waals surface area contributed by atoms with Crippen LogP contribution in [-0.4, -0.2) is 23.7 Å². The van der Waals surface area contributed by atoms with Crippen LogP contribution in [0, 0.1) is 0 Å². The summed E-state index contributed by atoms with van der Waals surface area (Å²) in [5.41, 5.74) is 1.17. The van der Waals surface area contributed by atoms with E-state index in [1.807, 2.05) is 0 Å². The molecule has 0 spiro atoms. The summed E-state index contributed by atoms with van der Waals surface area (Å²) in [4.78, 5) is 4.48. The average molecular weight is 212 g/mol. The van der Waals surface area contributed by atoms with Crippen LogP contribution < -0.4 is 5.32 Å². The highest BCUT2D eigenvalue weighted by Crippen LogP contribution is 2.21. The van der Waals surface area contributed by atoms with Gasteiger partial charge in [-0.1, -0.05) is 6.92 Å². The van der Waals surface area contributed by atoms with E-state index < -0.39 is 0 Å². The monoisotopic (exact) mass is 212 g/mol. The molecule has 78 valence electrons. The van der Waals surface area contributed by atoms with Gasteiger partial charge in [0.1, 0.15) is 0 Å². The van der Waals surface area contributed by atoms with Crippen molar-refractivity contribution in [2.45, 2.75) is 38.8 Å². The van der Waals surface area contributed by atoms with Gasteiger partial charge in [0, 0.05) is 12.0 Å². The first-order valence-corrected chi connectivity index (χ1v) is 6.00. The molecule has 0 radical (unpaired) electrons. The van der Waals surface area contributed by atoms with Gasteiger partial charge in [-0.2, -0.15) is 0 Å². The standard InChI is InChI=1S/C10H16N2OS/c1-3-8-6-14-10(11-8)12-9-4-5-13-7(9)2/h6-7,9H,3-5H2,1-2H3,(H,11,12)/t7-,9-/m1/s1. The molecule has 2 rings (SSSR count). The molecule has 2 atom stereocenters. The number of aromatic nitrogens is 1. The SMILES string of the molecule is CCc1csc(N[C@@H]2CCO[C@@H]2C)n1. The zero-order valence-electron chi connectivity index (χ0n) is 8.62. The second-order valence-corrected chi connectivity index (χ2v) is 4.47. The molecule has 2 heterocycles. The van der Waals surface area contributed by atoms with E-state index in [1.54, 1.807) is 11.3 Å². The predicted molar refractivity (Wildman–Crippen MR) is 58.9 cm³/mol. The van der Waals surface area contributed by atoms with Gasteiger partial charge >= 0.3 is 0 Å². The highest BCUT2D eigenvalue weighted by Gasteiger charge is 2.24. The van der Waals surface area contributed by atoms with E-state index in [4.69, 9.17) is 4.74 Å². The molecule has 1 aliphatic rings. The second-order valence-electron chi connectivity index (χ2n) is 3.61. The van der Waals surface area contributed by atoms with Crippen LogP contribution >= 0.6 is 11.3 Å². The summed E-state index contributed by atoms with van der Waals surface area (Å²) in [7, 11) is 0. The first-order valence-electron chi connectivity index (χ1n) is 5.12. The first-order chi connectivity index (χ1) is 6.79. The molecule has 1 aliphatic heterocycles. The smallest absolute Gasteiger partial charge is 0.183 e. The third-order valence-corrected chi connectivity index (χ3v) is 3.42. The van der Waals surface area contributed by atoms with Gasteiger partial charge in [0.25, 0.3) is 0 Å².